The number of carbonyl (C=O) groups is 1. The van der Waals surface area contributed by atoms with Gasteiger partial charge in [0.25, 0.3) is 0 Å². The van der Waals surface area contributed by atoms with Crippen LogP contribution in [-0.4, -0.2) is 43.6 Å². The molecule has 158 valence electrons. The number of hydrogen-bond acceptors (Lipinski definition) is 3. The third kappa shape index (κ3) is 4.38. The molecule has 1 saturated heterocycles. The fourth-order valence-electron chi connectivity index (χ4n) is 4.54. The first-order valence-electron chi connectivity index (χ1n) is 11.0. The Hall–Kier alpha value is -3.41. The van der Waals surface area contributed by atoms with Crippen LogP contribution in [0.3, 0.4) is 0 Å². The van der Waals surface area contributed by atoms with Crippen LogP contribution in [-0.2, 0) is 17.8 Å². The molecule has 6 heteroatoms. The summed E-state index contributed by atoms with van der Waals surface area (Å²) in [5.41, 5.74) is 5.19. The average molecular weight is 414 g/mol. The van der Waals surface area contributed by atoms with Gasteiger partial charge < -0.3 is 9.47 Å². The minimum Gasteiger partial charge on any atom is -0.346 e. The first kappa shape index (κ1) is 19.5. The molecule has 1 N–H and O–H groups in total. The van der Waals surface area contributed by atoms with Crippen LogP contribution < -0.4 is 0 Å². The van der Waals surface area contributed by atoms with Crippen LogP contribution in [0, 0.1) is 5.92 Å². The predicted octanol–water partition coefficient (Wildman–Crippen LogP) is 4.30. The quantitative estimate of drug-likeness (QED) is 0.531. The number of carbonyl (C=O) groups excluding carboxylic acids is 1. The number of hydrogen-bond donors (Lipinski definition) is 1. The van der Waals surface area contributed by atoms with Crippen molar-refractivity contribution in [2.24, 2.45) is 5.92 Å². The number of nitrogens with one attached hydrogen (secondary N) is 1. The van der Waals surface area contributed by atoms with Gasteiger partial charge in [-0.25, -0.2) is 4.98 Å². The molecule has 3 aromatic heterocycles. The second-order valence-electron chi connectivity index (χ2n) is 8.40. The Morgan fingerprint density at radius 1 is 1.06 bits per heavy atom. The molecule has 1 amide bonds. The molecule has 0 aliphatic carbocycles. The first-order valence-corrected chi connectivity index (χ1v) is 11.0. The molecular weight excluding hydrogens is 386 g/mol. The summed E-state index contributed by atoms with van der Waals surface area (Å²) < 4.78 is 2.31. The molecule has 4 heterocycles. The summed E-state index contributed by atoms with van der Waals surface area (Å²) in [5.74, 6) is 0.813. The number of fused-ring (bicyclic) bond motifs is 1. The van der Waals surface area contributed by atoms with E-state index in [1.54, 1.807) is 6.20 Å². The van der Waals surface area contributed by atoms with Gasteiger partial charge in [-0.05, 0) is 48.9 Å². The molecule has 1 aromatic carbocycles. The van der Waals surface area contributed by atoms with Crippen molar-refractivity contribution < 1.29 is 4.79 Å². The van der Waals surface area contributed by atoms with E-state index >= 15 is 0 Å². The summed E-state index contributed by atoms with van der Waals surface area (Å²) in [5, 5.41) is 6.86. The number of aromatic amines is 1. The number of pyridine rings is 1. The summed E-state index contributed by atoms with van der Waals surface area (Å²) >= 11 is 0. The minimum absolute atomic E-state index is 0.245. The Morgan fingerprint density at radius 3 is 2.81 bits per heavy atom. The lowest BCUT2D eigenvalue weighted by molar-refractivity contribution is -0.130. The Bertz CT molecular complexity index is 1150. The van der Waals surface area contributed by atoms with Gasteiger partial charge in [-0.2, -0.15) is 5.10 Å². The van der Waals surface area contributed by atoms with E-state index < -0.39 is 0 Å². The van der Waals surface area contributed by atoms with Crippen molar-refractivity contribution in [3.63, 3.8) is 0 Å². The molecule has 1 aliphatic heterocycles. The van der Waals surface area contributed by atoms with Gasteiger partial charge in [0.05, 0.1) is 29.3 Å². The van der Waals surface area contributed by atoms with Gasteiger partial charge in [-0.15, -0.1) is 0 Å². The van der Waals surface area contributed by atoms with Gasteiger partial charge in [0.2, 0.25) is 5.91 Å². The molecule has 0 spiro atoms. The van der Waals surface area contributed by atoms with Crippen molar-refractivity contribution in [2.45, 2.75) is 32.2 Å². The zero-order valence-corrected chi connectivity index (χ0v) is 17.6. The van der Waals surface area contributed by atoms with Gasteiger partial charge >= 0.3 is 0 Å². The molecule has 5 rings (SSSR count). The fourth-order valence-corrected chi connectivity index (χ4v) is 4.54. The van der Waals surface area contributed by atoms with Crippen LogP contribution in [0.15, 0.2) is 67.1 Å². The summed E-state index contributed by atoms with van der Waals surface area (Å²) in [6.07, 6.45) is 9.55. The highest BCUT2D eigenvalue weighted by Gasteiger charge is 2.21. The van der Waals surface area contributed by atoms with Gasteiger partial charge in [0.1, 0.15) is 0 Å². The highest BCUT2D eigenvalue weighted by molar-refractivity contribution is 5.79. The molecule has 1 atom stereocenters. The van der Waals surface area contributed by atoms with Gasteiger partial charge in [0, 0.05) is 37.6 Å². The maximum Gasteiger partial charge on any atom is 0.226 e. The third-order valence-electron chi connectivity index (χ3n) is 6.27. The lowest BCUT2D eigenvalue weighted by atomic mass is 10.0. The third-order valence-corrected chi connectivity index (χ3v) is 6.27. The van der Waals surface area contributed by atoms with Crippen LogP contribution in [0.2, 0.25) is 0 Å². The Morgan fingerprint density at radius 2 is 1.97 bits per heavy atom. The second kappa shape index (κ2) is 8.76. The molecule has 0 radical (unpaired) electrons. The Balaban J connectivity index is 1.23. The maximum absolute atomic E-state index is 12.8. The van der Waals surface area contributed by atoms with E-state index in [0.717, 1.165) is 66.8 Å². The fraction of sp³-hybridized carbons (Fsp3) is 0.320. The van der Waals surface area contributed by atoms with Crippen molar-refractivity contribution in [1.82, 2.24) is 24.6 Å². The Kier molecular flexibility index (Phi) is 5.52. The summed E-state index contributed by atoms with van der Waals surface area (Å²) in [6.45, 7) is 2.68. The highest BCUT2D eigenvalue weighted by Crippen LogP contribution is 2.25. The lowest BCUT2D eigenvalue weighted by Gasteiger charge is -2.21. The van der Waals surface area contributed by atoms with Crippen molar-refractivity contribution in [3.05, 3.63) is 72.7 Å². The lowest BCUT2D eigenvalue weighted by Crippen LogP contribution is -2.33. The number of amides is 1. The van der Waals surface area contributed by atoms with Gasteiger partial charge in [-0.1, -0.05) is 30.3 Å². The number of likely N-dealkylation sites (tertiary alicyclic amines) is 1. The summed E-state index contributed by atoms with van der Waals surface area (Å²) in [6, 6.07) is 16.3. The molecule has 6 nitrogen and oxygen atoms in total. The SMILES string of the molecule is O=C(Cc1ccccc1)N1CCCC(Cn2ccc3nc(-c4cn[nH]c4)ccc32)CC1. The van der Waals surface area contributed by atoms with E-state index in [0.29, 0.717) is 12.3 Å². The van der Waals surface area contributed by atoms with Crippen molar-refractivity contribution in [1.29, 1.82) is 0 Å². The molecule has 1 aliphatic rings. The molecule has 0 bridgehead atoms. The zero-order valence-electron chi connectivity index (χ0n) is 17.6. The number of H-pyrrole nitrogens is 1. The van der Waals surface area contributed by atoms with E-state index in [-0.39, 0.29) is 5.91 Å². The van der Waals surface area contributed by atoms with Crippen LogP contribution >= 0.6 is 0 Å². The number of nitrogens with zero attached hydrogens (tertiary/aromatic N) is 4. The standard InChI is InChI=1S/C25H27N5O/c31-25(15-19-5-2-1-3-6-19)29-12-4-7-20(10-13-29)18-30-14-11-23-24(30)9-8-22(28-23)21-16-26-27-17-21/h1-3,5-6,8-9,11,14,16-17,20H,4,7,10,12-13,15,18H2,(H,26,27). The zero-order chi connectivity index (χ0) is 21.0. The molecule has 1 unspecified atom stereocenters. The van der Waals surface area contributed by atoms with Crippen molar-refractivity contribution >= 4 is 16.9 Å². The Labute approximate surface area is 181 Å². The van der Waals surface area contributed by atoms with Crippen LogP contribution in [0.4, 0.5) is 0 Å². The number of rotatable bonds is 5. The smallest absolute Gasteiger partial charge is 0.226 e. The van der Waals surface area contributed by atoms with Crippen LogP contribution in [0.25, 0.3) is 22.3 Å². The van der Waals surface area contributed by atoms with Gasteiger partial charge in [-0.3, -0.25) is 9.89 Å². The highest BCUT2D eigenvalue weighted by atomic mass is 16.2. The number of aromatic nitrogens is 4. The monoisotopic (exact) mass is 413 g/mol. The van der Waals surface area contributed by atoms with E-state index in [4.69, 9.17) is 4.98 Å². The summed E-state index contributed by atoms with van der Waals surface area (Å²) in [7, 11) is 0. The van der Waals surface area contributed by atoms with E-state index in [1.165, 1.54) is 0 Å². The van der Waals surface area contributed by atoms with E-state index in [2.05, 4.69) is 44.1 Å². The first-order chi connectivity index (χ1) is 15.3. The van der Waals surface area contributed by atoms with Crippen molar-refractivity contribution in [2.75, 3.05) is 13.1 Å². The normalized spacial score (nSPS) is 17.0. The van der Waals surface area contributed by atoms with Gasteiger partial charge in [0.15, 0.2) is 0 Å². The number of benzene rings is 1. The topological polar surface area (TPSA) is 66.8 Å². The summed E-state index contributed by atoms with van der Waals surface area (Å²) in [4.78, 5) is 19.6. The maximum atomic E-state index is 12.8. The molecule has 4 aromatic rings. The second-order valence-corrected chi connectivity index (χ2v) is 8.40. The molecule has 31 heavy (non-hydrogen) atoms. The molecule has 0 saturated carbocycles. The molecule has 1 fully saturated rings. The van der Waals surface area contributed by atoms with Crippen molar-refractivity contribution in [3.8, 4) is 11.3 Å². The largest absolute Gasteiger partial charge is 0.346 e. The minimum atomic E-state index is 0.245. The van der Waals surface area contributed by atoms with E-state index in [1.807, 2.05) is 36.5 Å². The van der Waals surface area contributed by atoms with E-state index in [9.17, 15) is 4.79 Å². The van der Waals surface area contributed by atoms with Crippen LogP contribution in [0.1, 0.15) is 24.8 Å². The molecular formula is C25H27N5O. The average Bonchev–Trinajstić information content (AvgIpc) is 3.40. The van der Waals surface area contributed by atoms with Crippen LogP contribution in [0.5, 0.6) is 0 Å². The predicted molar refractivity (Wildman–Crippen MR) is 121 cm³/mol.